The number of aryl methyl sites for hydroxylation is 1. The highest BCUT2D eigenvalue weighted by Crippen LogP contribution is 2.24. The van der Waals surface area contributed by atoms with Crippen molar-refractivity contribution in [2.45, 2.75) is 25.3 Å². The van der Waals surface area contributed by atoms with E-state index in [1.54, 1.807) is 19.1 Å². The van der Waals surface area contributed by atoms with Crippen LogP contribution in [0.1, 0.15) is 12.5 Å². The minimum Gasteiger partial charge on any atom is -0.465 e. The molecule has 0 aliphatic heterocycles. The van der Waals surface area contributed by atoms with E-state index < -0.39 is 20.9 Å². The van der Waals surface area contributed by atoms with Gasteiger partial charge in [0.1, 0.15) is 6.54 Å². The van der Waals surface area contributed by atoms with Crippen LogP contribution in [-0.4, -0.2) is 30.5 Å². The van der Waals surface area contributed by atoms with Crippen LogP contribution >= 0.6 is 11.3 Å². The van der Waals surface area contributed by atoms with Crippen molar-refractivity contribution in [2.24, 2.45) is 4.40 Å². The number of non-ortho nitro benzene ring substituents is 1. The van der Waals surface area contributed by atoms with Crippen molar-refractivity contribution < 1.29 is 22.9 Å². The molecule has 0 unspecified atom stereocenters. The third-order valence-electron chi connectivity index (χ3n) is 3.99. The molecule has 0 spiro atoms. The second-order valence-electron chi connectivity index (χ2n) is 6.06. The standard InChI is InChI=1S/C18H17N3O6S2/c1-3-27-17(22)11-20-15-9-6-13(21(23)24)10-16(15)28-18(20)19-29(25,26)14-7-4-12(2)5-8-14/h4-10H,3,11H2,1-2H3. The fourth-order valence-electron chi connectivity index (χ4n) is 2.60. The van der Waals surface area contributed by atoms with Gasteiger partial charge in [-0.1, -0.05) is 29.0 Å². The number of thiazole rings is 1. The van der Waals surface area contributed by atoms with E-state index >= 15 is 0 Å². The highest BCUT2D eigenvalue weighted by molar-refractivity contribution is 7.90. The van der Waals surface area contributed by atoms with Crippen molar-refractivity contribution in [1.29, 1.82) is 0 Å². The van der Waals surface area contributed by atoms with Gasteiger partial charge in [-0.15, -0.1) is 4.40 Å². The SMILES string of the molecule is CCOC(=O)Cn1c(=NS(=O)(=O)c2ccc(C)cc2)sc2cc([N+](=O)[O-])ccc21. The Kier molecular flexibility index (Phi) is 5.80. The number of fused-ring (bicyclic) bond motifs is 1. The van der Waals surface area contributed by atoms with Gasteiger partial charge in [0.25, 0.3) is 15.7 Å². The summed E-state index contributed by atoms with van der Waals surface area (Å²) < 4.78 is 36.1. The monoisotopic (exact) mass is 435 g/mol. The Morgan fingerprint density at radius 1 is 1.24 bits per heavy atom. The number of nitrogens with zero attached hydrogens (tertiary/aromatic N) is 3. The normalized spacial score (nSPS) is 12.3. The van der Waals surface area contributed by atoms with Gasteiger partial charge in [0.2, 0.25) is 4.80 Å². The molecule has 0 fully saturated rings. The Morgan fingerprint density at radius 3 is 2.55 bits per heavy atom. The first-order valence-electron chi connectivity index (χ1n) is 8.52. The summed E-state index contributed by atoms with van der Waals surface area (Å²) in [4.78, 5) is 22.6. The maximum atomic E-state index is 12.7. The average Bonchev–Trinajstić information content (AvgIpc) is 2.98. The van der Waals surface area contributed by atoms with E-state index in [-0.39, 0.29) is 28.5 Å². The predicted molar refractivity (Wildman–Crippen MR) is 107 cm³/mol. The minimum atomic E-state index is -4.05. The first-order chi connectivity index (χ1) is 13.7. The van der Waals surface area contributed by atoms with Crippen LogP contribution in [0.15, 0.2) is 51.8 Å². The molecule has 0 aliphatic rings. The molecule has 1 heterocycles. The molecule has 3 aromatic rings. The van der Waals surface area contributed by atoms with E-state index in [4.69, 9.17) is 4.74 Å². The number of sulfonamides is 1. The summed E-state index contributed by atoms with van der Waals surface area (Å²) in [6, 6.07) is 10.3. The van der Waals surface area contributed by atoms with E-state index in [9.17, 15) is 23.3 Å². The second kappa shape index (κ2) is 8.13. The zero-order chi connectivity index (χ0) is 21.2. The van der Waals surface area contributed by atoms with Crippen molar-refractivity contribution in [1.82, 2.24) is 4.57 Å². The third-order valence-corrected chi connectivity index (χ3v) is 6.42. The number of esters is 1. The molecule has 0 radical (unpaired) electrons. The quantitative estimate of drug-likeness (QED) is 0.333. The lowest BCUT2D eigenvalue weighted by molar-refractivity contribution is -0.384. The number of carbonyl (C=O) groups excluding carboxylic acids is 1. The lowest BCUT2D eigenvalue weighted by Gasteiger charge is -2.05. The molecule has 0 saturated heterocycles. The van der Waals surface area contributed by atoms with Gasteiger partial charge in [-0.05, 0) is 32.0 Å². The lowest BCUT2D eigenvalue weighted by Crippen LogP contribution is -2.23. The molecule has 11 heteroatoms. The van der Waals surface area contributed by atoms with Crippen LogP contribution in [0.2, 0.25) is 0 Å². The Labute approximate surface area is 170 Å². The Bertz CT molecular complexity index is 1260. The zero-order valence-electron chi connectivity index (χ0n) is 15.6. The predicted octanol–water partition coefficient (Wildman–Crippen LogP) is 2.77. The van der Waals surface area contributed by atoms with E-state index in [0.29, 0.717) is 10.2 Å². The number of ether oxygens (including phenoxy) is 1. The van der Waals surface area contributed by atoms with Gasteiger partial charge in [-0.25, -0.2) is 0 Å². The van der Waals surface area contributed by atoms with Gasteiger partial charge < -0.3 is 9.30 Å². The molecule has 29 heavy (non-hydrogen) atoms. The van der Waals surface area contributed by atoms with Crippen molar-refractivity contribution in [3.8, 4) is 0 Å². The summed E-state index contributed by atoms with van der Waals surface area (Å²) in [5.74, 6) is -0.570. The second-order valence-corrected chi connectivity index (χ2v) is 8.68. The lowest BCUT2D eigenvalue weighted by atomic mass is 10.2. The van der Waals surface area contributed by atoms with Gasteiger partial charge in [0, 0.05) is 12.1 Å². The van der Waals surface area contributed by atoms with Crippen molar-refractivity contribution in [3.63, 3.8) is 0 Å². The zero-order valence-corrected chi connectivity index (χ0v) is 17.2. The van der Waals surface area contributed by atoms with Crippen LogP contribution in [0.25, 0.3) is 10.2 Å². The molecule has 0 atom stereocenters. The number of rotatable bonds is 6. The molecule has 3 rings (SSSR count). The van der Waals surface area contributed by atoms with E-state index in [0.717, 1.165) is 16.9 Å². The maximum absolute atomic E-state index is 12.7. The van der Waals surface area contributed by atoms with Crippen molar-refractivity contribution in [2.75, 3.05) is 6.61 Å². The Hall–Kier alpha value is -3.05. The van der Waals surface area contributed by atoms with E-state index in [1.165, 1.54) is 34.9 Å². The summed E-state index contributed by atoms with van der Waals surface area (Å²) in [6.07, 6.45) is 0. The Morgan fingerprint density at radius 2 is 1.93 bits per heavy atom. The number of nitro benzene ring substituents is 1. The number of benzene rings is 2. The molecule has 1 aromatic heterocycles. The summed E-state index contributed by atoms with van der Waals surface area (Å²) in [6.45, 7) is 3.39. The largest absolute Gasteiger partial charge is 0.465 e. The van der Waals surface area contributed by atoms with Gasteiger partial charge >= 0.3 is 5.97 Å². The highest BCUT2D eigenvalue weighted by Gasteiger charge is 2.18. The first-order valence-corrected chi connectivity index (χ1v) is 10.8. The molecule has 152 valence electrons. The molecule has 2 aromatic carbocycles. The average molecular weight is 435 g/mol. The van der Waals surface area contributed by atoms with Gasteiger partial charge in [-0.2, -0.15) is 8.42 Å². The molecule has 9 nitrogen and oxygen atoms in total. The number of aromatic nitrogens is 1. The smallest absolute Gasteiger partial charge is 0.326 e. The van der Waals surface area contributed by atoms with E-state index in [1.807, 2.05) is 6.92 Å². The van der Waals surface area contributed by atoms with Crippen LogP contribution in [0.3, 0.4) is 0 Å². The molecular weight excluding hydrogens is 418 g/mol. The molecule has 0 bridgehead atoms. The summed E-state index contributed by atoms with van der Waals surface area (Å²) in [5, 5.41) is 11.1. The van der Waals surface area contributed by atoms with E-state index in [2.05, 4.69) is 4.40 Å². The van der Waals surface area contributed by atoms with Crippen LogP contribution in [-0.2, 0) is 26.1 Å². The number of carbonyl (C=O) groups is 1. The minimum absolute atomic E-state index is 0.00854. The molecule has 0 N–H and O–H groups in total. The number of hydrogen-bond acceptors (Lipinski definition) is 7. The number of hydrogen-bond donors (Lipinski definition) is 0. The summed E-state index contributed by atoms with van der Waals surface area (Å²) >= 11 is 0.945. The van der Waals surface area contributed by atoms with Gasteiger partial charge in [0.15, 0.2) is 0 Å². The van der Waals surface area contributed by atoms with Crippen LogP contribution in [0, 0.1) is 17.0 Å². The third kappa shape index (κ3) is 4.51. The topological polar surface area (TPSA) is 121 Å². The van der Waals surface area contributed by atoms with Gasteiger partial charge in [0.05, 0.1) is 26.6 Å². The fourth-order valence-corrected chi connectivity index (χ4v) is 4.87. The maximum Gasteiger partial charge on any atom is 0.326 e. The van der Waals surface area contributed by atoms with Crippen LogP contribution < -0.4 is 4.80 Å². The van der Waals surface area contributed by atoms with Crippen LogP contribution in [0.4, 0.5) is 5.69 Å². The molecule has 0 aliphatic carbocycles. The molecular formula is C18H17N3O6S2. The first kappa shape index (κ1) is 20.7. The molecule has 0 saturated carbocycles. The number of nitro groups is 1. The summed E-state index contributed by atoms with van der Waals surface area (Å²) in [7, 11) is -4.05. The fraction of sp³-hybridized carbons (Fsp3) is 0.222. The summed E-state index contributed by atoms with van der Waals surface area (Å²) in [5.41, 5.74) is 1.21. The highest BCUT2D eigenvalue weighted by atomic mass is 32.2. The van der Waals surface area contributed by atoms with Crippen molar-refractivity contribution in [3.05, 3.63) is 62.9 Å². The Balaban J connectivity index is 2.21. The van der Waals surface area contributed by atoms with Crippen molar-refractivity contribution >= 4 is 43.2 Å². The molecule has 0 amide bonds. The van der Waals surface area contributed by atoms with Crippen LogP contribution in [0.5, 0.6) is 0 Å². The van der Waals surface area contributed by atoms with Gasteiger partial charge in [-0.3, -0.25) is 14.9 Å².